The Hall–Kier alpha value is -2.39. The topological polar surface area (TPSA) is 54.7 Å². The number of rotatable bonds is 4. The zero-order valence-corrected chi connectivity index (χ0v) is 12.1. The van der Waals surface area contributed by atoms with Crippen LogP contribution in [0.25, 0.3) is 11.3 Å². The normalized spacial score (nSPS) is 10.8. The van der Waals surface area contributed by atoms with E-state index in [4.69, 9.17) is 5.73 Å². The van der Waals surface area contributed by atoms with Gasteiger partial charge in [-0.2, -0.15) is 5.10 Å². The maximum absolute atomic E-state index is 5.80. The molecule has 3 aromatic rings. The number of nitrogens with two attached hydrogens (primary N) is 1. The van der Waals surface area contributed by atoms with Crippen LogP contribution in [0.2, 0.25) is 0 Å². The van der Waals surface area contributed by atoms with Gasteiger partial charge in [-0.25, -0.2) is 0 Å². The van der Waals surface area contributed by atoms with Gasteiger partial charge in [-0.3, -0.25) is 5.10 Å². The summed E-state index contributed by atoms with van der Waals surface area (Å²) >= 11 is 0. The lowest BCUT2D eigenvalue weighted by atomic mass is 10.0. The van der Waals surface area contributed by atoms with E-state index >= 15 is 0 Å². The third-order valence-electron chi connectivity index (χ3n) is 3.79. The lowest BCUT2D eigenvalue weighted by Crippen LogP contribution is -1.98. The first kappa shape index (κ1) is 13.6. The van der Waals surface area contributed by atoms with Gasteiger partial charge in [-0.05, 0) is 29.7 Å². The van der Waals surface area contributed by atoms with E-state index in [1.165, 1.54) is 11.1 Å². The Balaban J connectivity index is 1.89. The van der Waals surface area contributed by atoms with Crippen molar-refractivity contribution in [3.05, 3.63) is 77.0 Å². The Bertz CT molecular complexity index is 743. The summed E-state index contributed by atoms with van der Waals surface area (Å²) in [4.78, 5) is 0. The van der Waals surface area contributed by atoms with E-state index < -0.39 is 0 Å². The van der Waals surface area contributed by atoms with Crippen LogP contribution in [0.5, 0.6) is 0 Å². The Labute approximate surface area is 124 Å². The molecule has 1 heterocycles. The predicted molar refractivity (Wildman–Crippen MR) is 85.9 cm³/mol. The number of hydrogen-bond acceptors (Lipinski definition) is 2. The molecule has 0 aliphatic rings. The van der Waals surface area contributed by atoms with Crippen LogP contribution in [0, 0.1) is 6.92 Å². The highest BCUT2D eigenvalue weighted by Crippen LogP contribution is 2.23. The van der Waals surface area contributed by atoms with Crippen LogP contribution in [0.1, 0.15) is 22.4 Å². The van der Waals surface area contributed by atoms with E-state index in [9.17, 15) is 0 Å². The van der Waals surface area contributed by atoms with Crippen molar-refractivity contribution in [3.8, 4) is 11.3 Å². The van der Waals surface area contributed by atoms with Crippen molar-refractivity contribution < 1.29 is 0 Å². The third-order valence-corrected chi connectivity index (χ3v) is 3.79. The molecule has 21 heavy (non-hydrogen) atoms. The summed E-state index contributed by atoms with van der Waals surface area (Å²) in [6.45, 7) is 2.66. The molecule has 0 spiro atoms. The van der Waals surface area contributed by atoms with E-state index in [0.29, 0.717) is 6.54 Å². The molecule has 0 unspecified atom stereocenters. The molecular formula is C18H19N3. The van der Waals surface area contributed by atoms with Gasteiger partial charge in [-0.1, -0.05) is 48.5 Å². The van der Waals surface area contributed by atoms with Crippen molar-refractivity contribution >= 4 is 0 Å². The molecule has 106 valence electrons. The first-order valence-corrected chi connectivity index (χ1v) is 7.15. The monoisotopic (exact) mass is 277 g/mol. The van der Waals surface area contributed by atoms with Gasteiger partial charge in [-0.15, -0.1) is 0 Å². The standard InChI is InChI=1S/C18H19N3/c1-13-6-2-3-7-14(13)10-16-11-18(21-20-16)17-9-5-4-8-15(17)12-19/h2-9,11H,10,12,19H2,1H3,(H,20,21). The molecule has 0 atom stereocenters. The minimum Gasteiger partial charge on any atom is -0.326 e. The fraction of sp³-hybridized carbons (Fsp3) is 0.167. The first-order chi connectivity index (χ1) is 10.3. The van der Waals surface area contributed by atoms with Crippen LogP contribution in [0.15, 0.2) is 54.6 Å². The van der Waals surface area contributed by atoms with Crippen LogP contribution in [-0.4, -0.2) is 10.2 Å². The molecule has 3 rings (SSSR count). The lowest BCUT2D eigenvalue weighted by Gasteiger charge is -2.04. The van der Waals surface area contributed by atoms with Gasteiger partial charge in [0, 0.05) is 24.2 Å². The zero-order chi connectivity index (χ0) is 14.7. The van der Waals surface area contributed by atoms with E-state index in [1.807, 2.05) is 18.2 Å². The maximum atomic E-state index is 5.80. The largest absolute Gasteiger partial charge is 0.326 e. The minimum atomic E-state index is 0.524. The van der Waals surface area contributed by atoms with Gasteiger partial charge < -0.3 is 5.73 Å². The van der Waals surface area contributed by atoms with E-state index in [2.05, 4.69) is 53.5 Å². The molecule has 1 aromatic heterocycles. The number of benzene rings is 2. The summed E-state index contributed by atoms with van der Waals surface area (Å²) in [5, 5.41) is 7.58. The van der Waals surface area contributed by atoms with Crippen molar-refractivity contribution in [2.75, 3.05) is 0 Å². The van der Waals surface area contributed by atoms with Gasteiger partial charge in [0.1, 0.15) is 0 Å². The number of H-pyrrole nitrogens is 1. The quantitative estimate of drug-likeness (QED) is 0.767. The molecular weight excluding hydrogens is 258 g/mol. The van der Waals surface area contributed by atoms with Crippen LogP contribution in [0.3, 0.4) is 0 Å². The molecule has 0 bridgehead atoms. The van der Waals surface area contributed by atoms with Gasteiger partial charge >= 0.3 is 0 Å². The van der Waals surface area contributed by atoms with Gasteiger partial charge in [0.15, 0.2) is 0 Å². The van der Waals surface area contributed by atoms with E-state index in [1.54, 1.807) is 0 Å². The van der Waals surface area contributed by atoms with Gasteiger partial charge in [0.2, 0.25) is 0 Å². The van der Waals surface area contributed by atoms with Crippen LogP contribution in [0.4, 0.5) is 0 Å². The SMILES string of the molecule is Cc1ccccc1Cc1cc(-c2ccccc2CN)n[nH]1. The summed E-state index contributed by atoms with van der Waals surface area (Å²) < 4.78 is 0. The summed E-state index contributed by atoms with van der Waals surface area (Å²) in [5.41, 5.74) is 12.7. The second-order valence-corrected chi connectivity index (χ2v) is 5.24. The van der Waals surface area contributed by atoms with Crippen molar-refractivity contribution in [1.29, 1.82) is 0 Å². The molecule has 0 saturated heterocycles. The van der Waals surface area contributed by atoms with E-state index in [-0.39, 0.29) is 0 Å². The minimum absolute atomic E-state index is 0.524. The van der Waals surface area contributed by atoms with Crippen LogP contribution >= 0.6 is 0 Å². The molecule has 0 amide bonds. The first-order valence-electron chi connectivity index (χ1n) is 7.15. The number of aromatic nitrogens is 2. The summed E-state index contributed by atoms with van der Waals surface area (Å²) in [6.07, 6.45) is 0.866. The maximum Gasteiger partial charge on any atom is 0.0926 e. The second-order valence-electron chi connectivity index (χ2n) is 5.24. The molecule has 2 aromatic carbocycles. The number of aromatic amines is 1. The van der Waals surface area contributed by atoms with Crippen molar-refractivity contribution in [2.45, 2.75) is 19.9 Å². The Morgan fingerprint density at radius 2 is 1.71 bits per heavy atom. The lowest BCUT2D eigenvalue weighted by molar-refractivity contribution is 0.990. The third kappa shape index (κ3) is 2.88. The van der Waals surface area contributed by atoms with E-state index in [0.717, 1.165) is 28.9 Å². The fourth-order valence-electron chi connectivity index (χ4n) is 2.55. The van der Waals surface area contributed by atoms with Gasteiger partial charge in [0.25, 0.3) is 0 Å². The summed E-state index contributed by atoms with van der Waals surface area (Å²) in [6, 6.07) is 18.7. The molecule has 0 aliphatic heterocycles. The molecule has 0 fully saturated rings. The highest BCUT2D eigenvalue weighted by atomic mass is 15.1. The Kier molecular flexibility index (Phi) is 3.84. The number of nitrogens with zero attached hydrogens (tertiary/aromatic N) is 1. The van der Waals surface area contributed by atoms with Crippen molar-refractivity contribution in [1.82, 2.24) is 10.2 Å². The smallest absolute Gasteiger partial charge is 0.0926 e. The average Bonchev–Trinajstić information content (AvgIpc) is 2.98. The number of aryl methyl sites for hydroxylation is 1. The van der Waals surface area contributed by atoms with Gasteiger partial charge in [0.05, 0.1) is 5.69 Å². The summed E-state index contributed by atoms with van der Waals surface area (Å²) in [5.74, 6) is 0. The average molecular weight is 277 g/mol. The molecule has 3 N–H and O–H groups in total. The molecule has 3 nitrogen and oxygen atoms in total. The Morgan fingerprint density at radius 3 is 2.48 bits per heavy atom. The molecule has 0 radical (unpaired) electrons. The fourth-order valence-corrected chi connectivity index (χ4v) is 2.55. The highest BCUT2D eigenvalue weighted by molar-refractivity contribution is 5.63. The van der Waals surface area contributed by atoms with Crippen molar-refractivity contribution in [2.24, 2.45) is 5.73 Å². The predicted octanol–water partition coefficient (Wildman–Crippen LogP) is 3.43. The number of hydrogen-bond donors (Lipinski definition) is 2. The molecule has 3 heteroatoms. The molecule has 0 saturated carbocycles. The Morgan fingerprint density at radius 1 is 1.00 bits per heavy atom. The highest BCUT2D eigenvalue weighted by Gasteiger charge is 2.08. The van der Waals surface area contributed by atoms with Crippen molar-refractivity contribution in [3.63, 3.8) is 0 Å². The van der Waals surface area contributed by atoms with Crippen LogP contribution < -0.4 is 5.73 Å². The number of nitrogens with one attached hydrogen (secondary N) is 1. The second kappa shape index (κ2) is 5.94. The molecule has 0 aliphatic carbocycles. The van der Waals surface area contributed by atoms with Crippen LogP contribution in [-0.2, 0) is 13.0 Å². The zero-order valence-electron chi connectivity index (χ0n) is 12.1. The summed E-state index contributed by atoms with van der Waals surface area (Å²) in [7, 11) is 0.